The molecule has 0 aliphatic heterocycles. The lowest BCUT2D eigenvalue weighted by Gasteiger charge is -2.30. The highest BCUT2D eigenvalue weighted by Crippen LogP contribution is 2.44. The van der Waals surface area contributed by atoms with Crippen LogP contribution in [0.15, 0.2) is 66.7 Å². The fourth-order valence-corrected chi connectivity index (χ4v) is 3.96. The largest absolute Gasteiger partial charge is 0.458 e. The van der Waals surface area contributed by atoms with Gasteiger partial charge in [-0.15, -0.1) is 0 Å². The van der Waals surface area contributed by atoms with Crippen molar-refractivity contribution in [2.75, 3.05) is 11.4 Å². The maximum Gasteiger partial charge on any atom is 0.458 e. The molecule has 37 heavy (non-hydrogen) atoms. The number of hydrogen-bond acceptors (Lipinski definition) is 3. The summed E-state index contributed by atoms with van der Waals surface area (Å²) in [7, 11) is 0. The van der Waals surface area contributed by atoms with Gasteiger partial charge in [0, 0.05) is 35.4 Å². The molecule has 0 amide bonds. The molecular formula is C28H29ClF5NO2. The van der Waals surface area contributed by atoms with Crippen molar-refractivity contribution in [1.82, 2.24) is 0 Å². The average Bonchev–Trinajstić information content (AvgIpc) is 2.84. The summed E-state index contributed by atoms with van der Waals surface area (Å²) in [5, 5.41) is 11.2. The van der Waals surface area contributed by atoms with Crippen LogP contribution >= 0.6 is 11.6 Å². The van der Waals surface area contributed by atoms with E-state index in [2.05, 4.69) is 0 Å². The van der Waals surface area contributed by atoms with Gasteiger partial charge in [-0.25, -0.2) is 0 Å². The van der Waals surface area contributed by atoms with Crippen LogP contribution in [0.2, 0.25) is 5.02 Å². The van der Waals surface area contributed by atoms with E-state index in [9.17, 15) is 27.1 Å². The number of nitrogens with zero attached hydrogens (tertiary/aromatic N) is 1. The van der Waals surface area contributed by atoms with Crippen molar-refractivity contribution in [2.24, 2.45) is 5.92 Å². The highest BCUT2D eigenvalue weighted by Gasteiger charge is 2.58. The van der Waals surface area contributed by atoms with Gasteiger partial charge in [-0.3, -0.25) is 0 Å². The van der Waals surface area contributed by atoms with Gasteiger partial charge in [0.25, 0.3) is 0 Å². The first-order chi connectivity index (χ1) is 17.3. The fraction of sp³-hybridized carbons (Fsp3) is 0.357. The molecule has 3 aromatic carbocycles. The molecule has 0 spiro atoms. The first kappa shape index (κ1) is 28.7. The molecule has 0 bridgehead atoms. The Labute approximate surface area is 218 Å². The molecule has 0 aromatic heterocycles. The number of aryl methyl sites for hydroxylation is 1. The molecule has 0 radical (unpaired) electrons. The van der Waals surface area contributed by atoms with E-state index in [0.717, 1.165) is 24.1 Å². The number of rotatable bonds is 10. The van der Waals surface area contributed by atoms with E-state index in [4.69, 9.17) is 16.3 Å². The number of aliphatic hydroxyl groups excluding tert-OH is 1. The Bertz CT molecular complexity index is 1200. The summed E-state index contributed by atoms with van der Waals surface area (Å²) < 4.78 is 72.7. The molecule has 1 unspecified atom stereocenters. The van der Waals surface area contributed by atoms with Crippen LogP contribution in [0.3, 0.4) is 0 Å². The Morgan fingerprint density at radius 1 is 0.919 bits per heavy atom. The number of hydrogen-bond donors (Lipinski definition) is 1. The smallest absolute Gasteiger partial charge is 0.457 e. The third-order valence-electron chi connectivity index (χ3n) is 6.01. The lowest BCUT2D eigenvalue weighted by Crippen LogP contribution is -2.35. The molecule has 1 atom stereocenters. The highest BCUT2D eigenvalue weighted by molar-refractivity contribution is 6.31. The Kier molecular flexibility index (Phi) is 9.08. The first-order valence-electron chi connectivity index (χ1n) is 11.8. The van der Waals surface area contributed by atoms with Crippen LogP contribution in [0.1, 0.15) is 37.5 Å². The third-order valence-corrected chi connectivity index (χ3v) is 6.38. The molecule has 0 aliphatic carbocycles. The van der Waals surface area contributed by atoms with Crippen molar-refractivity contribution < 1.29 is 31.8 Å². The molecule has 9 heteroatoms. The monoisotopic (exact) mass is 541 g/mol. The predicted molar refractivity (Wildman–Crippen MR) is 136 cm³/mol. The standard InChI is InChI=1S/C28H29ClF5NO2/c1-4-20-14-24(11-12-25(20)29)37-23-10-6-9-22(15-23)35(17-26(36)18(2)3)16-19-7-5-8-21(13-19)27(30,31)28(32,33)34/h5-15,18,26,36H,4,16-17H2,1-3H3. The zero-order valence-corrected chi connectivity index (χ0v) is 21.5. The molecule has 3 rings (SSSR count). The van der Waals surface area contributed by atoms with Crippen molar-refractivity contribution >= 4 is 17.3 Å². The average molecular weight is 542 g/mol. The van der Waals surface area contributed by atoms with Gasteiger partial charge >= 0.3 is 12.1 Å². The molecule has 1 N–H and O–H groups in total. The van der Waals surface area contributed by atoms with Crippen molar-refractivity contribution in [3.8, 4) is 11.5 Å². The van der Waals surface area contributed by atoms with Crippen LogP contribution < -0.4 is 9.64 Å². The lowest BCUT2D eigenvalue weighted by atomic mass is 10.0. The molecule has 0 saturated heterocycles. The zero-order valence-electron chi connectivity index (χ0n) is 20.7. The van der Waals surface area contributed by atoms with Gasteiger partial charge in [0.1, 0.15) is 11.5 Å². The van der Waals surface area contributed by atoms with E-state index in [0.29, 0.717) is 22.2 Å². The molecule has 200 valence electrons. The van der Waals surface area contributed by atoms with Crippen LogP contribution in [0.4, 0.5) is 27.6 Å². The Morgan fingerprint density at radius 2 is 1.59 bits per heavy atom. The van der Waals surface area contributed by atoms with Crippen molar-refractivity contribution in [2.45, 2.75) is 51.9 Å². The minimum absolute atomic E-state index is 0.00403. The van der Waals surface area contributed by atoms with E-state index in [-0.39, 0.29) is 24.6 Å². The zero-order chi connectivity index (χ0) is 27.4. The summed E-state index contributed by atoms with van der Waals surface area (Å²) in [6.45, 7) is 5.76. The highest BCUT2D eigenvalue weighted by atomic mass is 35.5. The van der Waals surface area contributed by atoms with Gasteiger partial charge in [-0.05, 0) is 59.9 Å². The topological polar surface area (TPSA) is 32.7 Å². The van der Waals surface area contributed by atoms with Gasteiger partial charge in [0.05, 0.1) is 6.10 Å². The summed E-state index contributed by atoms with van der Waals surface area (Å²) in [5.41, 5.74) is 0.643. The number of halogens is 6. The van der Waals surface area contributed by atoms with Crippen LogP contribution in [-0.4, -0.2) is 23.9 Å². The first-order valence-corrected chi connectivity index (χ1v) is 12.2. The van der Waals surface area contributed by atoms with Gasteiger partial charge in [-0.2, -0.15) is 22.0 Å². The van der Waals surface area contributed by atoms with Crippen molar-refractivity contribution in [1.29, 1.82) is 0 Å². The van der Waals surface area contributed by atoms with Gasteiger partial charge in [0.2, 0.25) is 0 Å². The molecule has 3 aromatic rings. The maximum absolute atomic E-state index is 14.0. The second kappa shape index (κ2) is 11.7. The van der Waals surface area contributed by atoms with Crippen LogP contribution in [0.5, 0.6) is 11.5 Å². The van der Waals surface area contributed by atoms with E-state index < -0.39 is 23.8 Å². The van der Waals surface area contributed by atoms with E-state index in [1.165, 1.54) is 12.1 Å². The van der Waals surface area contributed by atoms with E-state index in [1.807, 2.05) is 26.8 Å². The summed E-state index contributed by atoms with van der Waals surface area (Å²) in [4.78, 5) is 1.72. The number of aliphatic hydroxyl groups is 1. The molecule has 0 aliphatic rings. The SMILES string of the molecule is CCc1cc(Oc2cccc(N(Cc3cccc(C(F)(F)C(F)(F)F)c3)CC(O)C(C)C)c2)ccc1Cl. The molecular weight excluding hydrogens is 513 g/mol. The number of anilines is 1. The molecule has 0 heterocycles. The second-order valence-corrected chi connectivity index (χ2v) is 9.58. The Balaban J connectivity index is 1.92. The quantitative estimate of drug-likeness (QED) is 0.262. The van der Waals surface area contributed by atoms with Crippen molar-refractivity contribution in [3.63, 3.8) is 0 Å². The number of benzene rings is 3. The molecule has 0 saturated carbocycles. The third kappa shape index (κ3) is 7.14. The summed E-state index contributed by atoms with van der Waals surface area (Å²) in [6.07, 6.45) is -5.75. The Hall–Kier alpha value is -2.84. The molecule has 0 fully saturated rings. The fourth-order valence-electron chi connectivity index (χ4n) is 3.71. The van der Waals surface area contributed by atoms with Crippen LogP contribution in [-0.2, 0) is 18.9 Å². The van der Waals surface area contributed by atoms with Crippen LogP contribution in [0.25, 0.3) is 0 Å². The number of alkyl halides is 5. The van der Waals surface area contributed by atoms with Gasteiger partial charge in [0.15, 0.2) is 0 Å². The minimum Gasteiger partial charge on any atom is -0.457 e. The van der Waals surface area contributed by atoms with Gasteiger partial charge < -0.3 is 14.7 Å². The summed E-state index contributed by atoms with van der Waals surface area (Å²) >= 11 is 6.19. The van der Waals surface area contributed by atoms with E-state index >= 15 is 0 Å². The van der Waals surface area contributed by atoms with Crippen LogP contribution in [0, 0.1) is 5.92 Å². The second-order valence-electron chi connectivity index (χ2n) is 9.17. The van der Waals surface area contributed by atoms with E-state index in [1.54, 1.807) is 41.3 Å². The van der Waals surface area contributed by atoms with Gasteiger partial charge in [-0.1, -0.05) is 56.6 Å². The maximum atomic E-state index is 14.0. The normalized spacial score (nSPS) is 13.1. The molecule has 3 nitrogen and oxygen atoms in total. The number of ether oxygens (including phenoxy) is 1. The predicted octanol–water partition coefficient (Wildman–Crippen LogP) is 8.37. The minimum atomic E-state index is -5.70. The van der Waals surface area contributed by atoms with Crippen molar-refractivity contribution in [3.05, 3.63) is 88.4 Å². The summed E-state index contributed by atoms with van der Waals surface area (Å²) in [5.74, 6) is -4.02. The summed E-state index contributed by atoms with van der Waals surface area (Å²) in [6, 6.07) is 16.5. The Morgan fingerprint density at radius 3 is 2.24 bits per heavy atom. The lowest BCUT2D eigenvalue weighted by molar-refractivity contribution is -0.289.